The number of hydrogen-bond acceptors (Lipinski definition) is 4. The fourth-order valence-electron chi connectivity index (χ4n) is 3.05. The van der Waals surface area contributed by atoms with Crippen LogP contribution >= 0.6 is 15.9 Å². The van der Waals surface area contributed by atoms with E-state index in [9.17, 15) is 0 Å². The Morgan fingerprint density at radius 2 is 2.11 bits per heavy atom. The van der Waals surface area contributed by atoms with E-state index in [1.165, 1.54) is 12.8 Å². The topological polar surface area (TPSA) is 40.5 Å². The zero-order valence-electron chi connectivity index (χ0n) is 11.1. The number of rotatable bonds is 2. The summed E-state index contributed by atoms with van der Waals surface area (Å²) in [6.07, 6.45) is 4.27. The molecule has 0 amide bonds. The van der Waals surface area contributed by atoms with Crippen LogP contribution in [0.4, 0.5) is 5.82 Å². The molecule has 0 aliphatic carbocycles. The Balaban J connectivity index is 1.62. The first-order valence-corrected chi connectivity index (χ1v) is 7.68. The summed E-state index contributed by atoms with van der Waals surface area (Å²) < 4.78 is 0.908. The van der Waals surface area contributed by atoms with Gasteiger partial charge in [-0.2, -0.15) is 0 Å². The molecular weight excluding hydrogens is 304 g/mol. The van der Waals surface area contributed by atoms with Crippen LogP contribution in [0.1, 0.15) is 19.8 Å². The first-order valence-electron chi connectivity index (χ1n) is 6.89. The smallest absolute Gasteiger partial charge is 0.129 e. The molecule has 0 spiro atoms. The molecule has 2 unspecified atom stereocenters. The van der Waals surface area contributed by atoms with Gasteiger partial charge in [0.15, 0.2) is 0 Å². The molecule has 1 fully saturated rings. The van der Waals surface area contributed by atoms with Crippen molar-refractivity contribution in [2.24, 2.45) is 10.9 Å². The zero-order valence-corrected chi connectivity index (χ0v) is 12.7. The van der Waals surface area contributed by atoms with Gasteiger partial charge in [-0.3, -0.25) is 4.99 Å². The number of hydrogen-bond donors (Lipinski definition) is 1. The number of nitrogens with zero attached hydrogens (tertiary/aromatic N) is 3. The fourth-order valence-corrected chi connectivity index (χ4v) is 3.38. The molecule has 2 aliphatic heterocycles. The lowest BCUT2D eigenvalue weighted by molar-refractivity contribution is 0.317. The van der Waals surface area contributed by atoms with Crippen LogP contribution in [0, 0.1) is 5.92 Å². The molecule has 3 heterocycles. The molecule has 1 aromatic heterocycles. The van der Waals surface area contributed by atoms with E-state index in [1.807, 2.05) is 18.5 Å². The van der Waals surface area contributed by atoms with E-state index in [2.05, 4.69) is 49.1 Å². The molecule has 0 bridgehead atoms. The lowest BCUT2D eigenvalue weighted by atomic mass is 9.87. The summed E-state index contributed by atoms with van der Waals surface area (Å²) in [7, 11) is 0. The first kappa shape index (κ1) is 12.9. The van der Waals surface area contributed by atoms with Crippen molar-refractivity contribution in [3.63, 3.8) is 0 Å². The van der Waals surface area contributed by atoms with Gasteiger partial charge in [-0.15, -0.1) is 0 Å². The van der Waals surface area contributed by atoms with Crippen LogP contribution in [0.3, 0.4) is 0 Å². The highest BCUT2D eigenvalue weighted by molar-refractivity contribution is 9.10. The Hall–Kier alpha value is -1.10. The van der Waals surface area contributed by atoms with Gasteiger partial charge in [-0.25, -0.2) is 4.98 Å². The summed E-state index contributed by atoms with van der Waals surface area (Å²) in [5, 5.41) is 3.29. The molecule has 4 nitrogen and oxygen atoms in total. The van der Waals surface area contributed by atoms with Gasteiger partial charge in [0.1, 0.15) is 10.4 Å². The highest BCUT2D eigenvalue weighted by atomic mass is 79.9. The summed E-state index contributed by atoms with van der Waals surface area (Å²) in [6, 6.07) is 7.05. The normalized spacial score (nSPS) is 27.6. The van der Waals surface area contributed by atoms with Crippen LogP contribution in [-0.4, -0.2) is 36.5 Å². The van der Waals surface area contributed by atoms with Gasteiger partial charge in [-0.05, 0) is 53.7 Å². The molecule has 5 heteroatoms. The number of aliphatic imine (C=N–C) groups is 1. The number of piperidine rings is 1. The number of aromatic nitrogens is 1. The van der Waals surface area contributed by atoms with Gasteiger partial charge in [0.05, 0.1) is 12.4 Å². The molecular formula is C14H19BrN4. The van der Waals surface area contributed by atoms with E-state index >= 15 is 0 Å². The largest absolute Gasteiger partial charge is 0.372 e. The minimum Gasteiger partial charge on any atom is -0.372 e. The van der Waals surface area contributed by atoms with Gasteiger partial charge in [-0.1, -0.05) is 6.07 Å². The second kappa shape index (κ2) is 5.49. The van der Waals surface area contributed by atoms with Crippen molar-refractivity contribution in [1.29, 1.82) is 0 Å². The highest BCUT2D eigenvalue weighted by Crippen LogP contribution is 2.28. The molecule has 2 aliphatic rings. The summed E-state index contributed by atoms with van der Waals surface area (Å²) in [5.41, 5.74) is 0. The van der Waals surface area contributed by atoms with Gasteiger partial charge in [0, 0.05) is 19.1 Å². The highest BCUT2D eigenvalue weighted by Gasteiger charge is 2.31. The van der Waals surface area contributed by atoms with Crippen LogP contribution in [0.2, 0.25) is 0 Å². The van der Waals surface area contributed by atoms with Gasteiger partial charge in [0.25, 0.3) is 0 Å². The molecule has 19 heavy (non-hydrogen) atoms. The molecule has 2 atom stereocenters. The molecule has 0 saturated carbocycles. The van der Waals surface area contributed by atoms with Gasteiger partial charge < -0.3 is 10.2 Å². The van der Waals surface area contributed by atoms with Crippen LogP contribution in [0.25, 0.3) is 0 Å². The minimum absolute atomic E-state index is 0.456. The standard InChI is InChI=1S/C14H19BrN4/c1-10-14(17-9-16-10)11-5-7-19(8-6-11)13-4-2-3-12(15)18-13/h2-4,9-11,14H,5-8H2,1H3,(H,16,17). The zero-order chi connectivity index (χ0) is 13.2. The number of anilines is 1. The molecule has 0 radical (unpaired) electrons. The quantitative estimate of drug-likeness (QED) is 0.850. The monoisotopic (exact) mass is 322 g/mol. The molecule has 102 valence electrons. The third-order valence-corrected chi connectivity index (χ3v) is 4.59. The SMILES string of the molecule is CC1NC=NC1C1CCN(c2cccc(Br)n2)CC1. The van der Waals surface area contributed by atoms with Crippen LogP contribution in [-0.2, 0) is 0 Å². The summed E-state index contributed by atoms with van der Waals surface area (Å²) in [6.45, 7) is 4.37. The second-order valence-electron chi connectivity index (χ2n) is 5.37. The second-order valence-corrected chi connectivity index (χ2v) is 6.18. The van der Waals surface area contributed by atoms with Crippen molar-refractivity contribution in [3.05, 3.63) is 22.8 Å². The molecule has 1 N–H and O–H groups in total. The summed E-state index contributed by atoms with van der Waals surface area (Å²) in [5.74, 6) is 1.78. The maximum atomic E-state index is 4.57. The van der Waals surface area contributed by atoms with Gasteiger partial charge >= 0.3 is 0 Å². The molecule has 1 saturated heterocycles. The Labute approximate surface area is 122 Å². The lowest BCUT2D eigenvalue weighted by Crippen LogP contribution is -2.41. The van der Waals surface area contributed by atoms with E-state index in [1.54, 1.807) is 0 Å². The average Bonchev–Trinajstić information content (AvgIpc) is 2.85. The van der Waals surface area contributed by atoms with E-state index in [0.717, 1.165) is 23.5 Å². The van der Waals surface area contributed by atoms with Crippen molar-refractivity contribution in [2.75, 3.05) is 18.0 Å². The van der Waals surface area contributed by atoms with E-state index in [4.69, 9.17) is 0 Å². The number of nitrogens with one attached hydrogen (secondary N) is 1. The summed E-state index contributed by atoms with van der Waals surface area (Å²) >= 11 is 3.44. The predicted molar refractivity (Wildman–Crippen MR) is 81.8 cm³/mol. The van der Waals surface area contributed by atoms with Crippen molar-refractivity contribution in [2.45, 2.75) is 31.8 Å². The van der Waals surface area contributed by atoms with Crippen LogP contribution in [0.5, 0.6) is 0 Å². The lowest BCUT2D eigenvalue weighted by Gasteiger charge is -2.35. The van der Waals surface area contributed by atoms with E-state index in [-0.39, 0.29) is 0 Å². The van der Waals surface area contributed by atoms with Crippen molar-refractivity contribution < 1.29 is 0 Å². The third kappa shape index (κ3) is 2.76. The fraction of sp³-hybridized carbons (Fsp3) is 0.571. The predicted octanol–water partition coefficient (Wildman–Crippen LogP) is 2.45. The average molecular weight is 323 g/mol. The molecule has 1 aromatic rings. The Bertz CT molecular complexity index is 468. The van der Waals surface area contributed by atoms with Crippen molar-refractivity contribution in [3.8, 4) is 0 Å². The Morgan fingerprint density at radius 3 is 2.74 bits per heavy atom. The summed E-state index contributed by atoms with van der Waals surface area (Å²) in [4.78, 5) is 11.5. The van der Waals surface area contributed by atoms with E-state index < -0.39 is 0 Å². The first-order chi connectivity index (χ1) is 9.24. The van der Waals surface area contributed by atoms with E-state index in [0.29, 0.717) is 18.0 Å². The van der Waals surface area contributed by atoms with Crippen LogP contribution < -0.4 is 10.2 Å². The Kier molecular flexibility index (Phi) is 3.73. The van der Waals surface area contributed by atoms with Crippen LogP contribution in [0.15, 0.2) is 27.8 Å². The van der Waals surface area contributed by atoms with Gasteiger partial charge in [0.2, 0.25) is 0 Å². The molecule has 3 rings (SSSR count). The maximum Gasteiger partial charge on any atom is 0.129 e. The number of halogens is 1. The third-order valence-electron chi connectivity index (χ3n) is 4.14. The molecule has 0 aromatic carbocycles. The number of pyridine rings is 1. The van der Waals surface area contributed by atoms with Crippen molar-refractivity contribution in [1.82, 2.24) is 10.3 Å². The van der Waals surface area contributed by atoms with Crippen molar-refractivity contribution >= 4 is 28.1 Å². The maximum absolute atomic E-state index is 4.57. The Morgan fingerprint density at radius 1 is 1.32 bits per heavy atom. The minimum atomic E-state index is 0.456.